The number of anilines is 1. The summed E-state index contributed by atoms with van der Waals surface area (Å²) in [6.07, 6.45) is -0.737. The van der Waals surface area contributed by atoms with Crippen LogP contribution in [0.3, 0.4) is 0 Å². The number of thiazole rings is 1. The van der Waals surface area contributed by atoms with Crippen LogP contribution in [0.4, 0.5) is 9.93 Å². The van der Waals surface area contributed by atoms with Crippen molar-refractivity contribution >= 4 is 70.4 Å². The van der Waals surface area contributed by atoms with Crippen molar-refractivity contribution in [2.24, 2.45) is 5.16 Å². The highest BCUT2D eigenvalue weighted by Crippen LogP contribution is 2.42. The molecule has 12 nitrogen and oxygen atoms in total. The summed E-state index contributed by atoms with van der Waals surface area (Å²) in [5.41, 5.74) is -0.409. The number of aromatic nitrogens is 1. The summed E-state index contributed by atoms with van der Waals surface area (Å²) in [6, 6.07) is 27.2. The molecule has 0 bridgehead atoms. The topological polar surface area (TPSA) is 160 Å². The van der Waals surface area contributed by atoms with Crippen LogP contribution in [0.15, 0.2) is 112 Å². The number of thioether (sulfide) groups is 1. The molecule has 2 atom stereocenters. The molecule has 3 heterocycles. The molecule has 15 heteroatoms. The van der Waals surface area contributed by atoms with E-state index in [1.165, 1.54) is 17.1 Å². The molecule has 1 aromatic heterocycles. The molecule has 4 aromatic rings. The first kappa shape index (κ1) is 35.7. The SMILES string of the molecule is CC(C)(C)OC(=O)Nc1nc(/C(=N/OC(c2ccccc2)(c2ccccc2)c2ccccc2)C(=O)N[C@@H]2C(=O)N3C(C(=O)O)=C(S)CS[C@H]23)cs1. The van der Waals surface area contributed by atoms with Gasteiger partial charge in [0.05, 0.1) is 0 Å². The molecule has 1 fully saturated rings. The number of thiol groups is 1. The normalized spacial score (nSPS) is 17.6. The fourth-order valence-corrected chi connectivity index (χ4v) is 7.95. The fraction of sp³-hybridized carbons (Fsp3) is 0.222. The van der Waals surface area contributed by atoms with E-state index in [2.05, 4.69) is 33.4 Å². The van der Waals surface area contributed by atoms with Gasteiger partial charge in [-0.1, -0.05) is 96.2 Å². The first-order valence-corrected chi connectivity index (χ1v) is 18.1. The van der Waals surface area contributed by atoms with E-state index in [0.29, 0.717) is 0 Å². The molecule has 3 N–H and O–H groups in total. The molecule has 1 saturated heterocycles. The Morgan fingerprint density at radius 1 is 0.941 bits per heavy atom. The number of oxime groups is 1. The molecule has 3 aromatic carbocycles. The zero-order valence-electron chi connectivity index (χ0n) is 27.6. The van der Waals surface area contributed by atoms with Gasteiger partial charge in [0, 0.05) is 32.7 Å². The maximum atomic E-state index is 14.2. The number of amides is 3. The van der Waals surface area contributed by atoms with Crippen molar-refractivity contribution in [2.45, 2.75) is 43.4 Å². The van der Waals surface area contributed by atoms with E-state index >= 15 is 0 Å². The van der Waals surface area contributed by atoms with E-state index in [1.54, 1.807) is 20.8 Å². The van der Waals surface area contributed by atoms with Crippen LogP contribution >= 0.6 is 35.7 Å². The second-order valence-corrected chi connectivity index (χ2v) is 14.9. The van der Waals surface area contributed by atoms with Gasteiger partial charge in [-0.25, -0.2) is 14.6 Å². The second-order valence-electron chi connectivity index (χ2n) is 12.4. The molecule has 2 aliphatic rings. The number of carbonyl (C=O) groups excluding carboxylic acids is 3. The Labute approximate surface area is 307 Å². The number of aliphatic carboxylic acids is 1. The van der Waals surface area contributed by atoms with E-state index in [0.717, 1.165) is 32.9 Å². The number of benzene rings is 3. The van der Waals surface area contributed by atoms with Crippen molar-refractivity contribution < 1.29 is 33.9 Å². The molecule has 262 valence electrons. The van der Waals surface area contributed by atoms with Crippen LogP contribution in [-0.4, -0.2) is 67.3 Å². The Bertz CT molecular complexity index is 1920. The van der Waals surface area contributed by atoms with Crippen molar-refractivity contribution in [2.75, 3.05) is 11.1 Å². The summed E-state index contributed by atoms with van der Waals surface area (Å²) in [5.74, 6) is -2.45. The lowest BCUT2D eigenvalue weighted by Crippen LogP contribution is -2.71. The highest BCUT2D eigenvalue weighted by molar-refractivity contribution is 8.01. The number of hydrogen-bond donors (Lipinski definition) is 4. The first-order chi connectivity index (χ1) is 24.4. The maximum Gasteiger partial charge on any atom is 0.413 e. The predicted octanol–water partition coefficient (Wildman–Crippen LogP) is 5.83. The minimum absolute atomic E-state index is 0.0512. The first-order valence-electron chi connectivity index (χ1n) is 15.7. The van der Waals surface area contributed by atoms with Gasteiger partial charge in [-0.15, -0.1) is 35.7 Å². The summed E-state index contributed by atoms with van der Waals surface area (Å²) in [5, 5.41) is 20.5. The average molecular weight is 744 g/mol. The lowest BCUT2D eigenvalue weighted by Gasteiger charge is -2.48. The third-order valence-electron chi connectivity index (χ3n) is 7.82. The van der Waals surface area contributed by atoms with Gasteiger partial charge in [0.1, 0.15) is 28.4 Å². The average Bonchev–Trinajstić information content (AvgIpc) is 3.56. The van der Waals surface area contributed by atoms with Crippen molar-refractivity contribution in [3.8, 4) is 0 Å². The largest absolute Gasteiger partial charge is 0.477 e. The Morgan fingerprint density at radius 2 is 1.49 bits per heavy atom. The standard InChI is InChI=1S/C36H33N5O7S3/c1-35(2,3)47-34(46)39-33-37-24(19-51-33)26(29(42)38-27-30(43)41-28(32(44)45)25(49)20-50-31(27)41)40-48-36(21-13-7-4-8-14-21,22-15-9-5-10-16-22)23-17-11-6-12-18-23/h4-19,27,31,49H,20H2,1-3H3,(H,38,42)(H,44,45)(H,37,39,46)/b40-26-/t27-,31-/m1/s1. The second kappa shape index (κ2) is 14.6. The summed E-state index contributed by atoms with van der Waals surface area (Å²) in [4.78, 5) is 64.4. The highest BCUT2D eigenvalue weighted by atomic mass is 32.2. The molecule has 0 spiro atoms. The Balaban J connectivity index is 1.41. The lowest BCUT2D eigenvalue weighted by atomic mass is 9.80. The van der Waals surface area contributed by atoms with Gasteiger partial charge in [-0.3, -0.25) is 19.8 Å². The molecular weight excluding hydrogens is 711 g/mol. The monoisotopic (exact) mass is 743 g/mol. The summed E-state index contributed by atoms with van der Waals surface area (Å²) < 4.78 is 5.35. The molecule has 0 aliphatic carbocycles. The maximum absolute atomic E-state index is 14.2. The number of nitrogens with one attached hydrogen (secondary N) is 2. The number of β-lactam (4-membered cyclic amide) rings is 1. The predicted molar refractivity (Wildman–Crippen MR) is 197 cm³/mol. The van der Waals surface area contributed by atoms with Crippen LogP contribution in [0.1, 0.15) is 43.2 Å². The van der Waals surface area contributed by atoms with Crippen LogP contribution in [0.2, 0.25) is 0 Å². The zero-order valence-corrected chi connectivity index (χ0v) is 30.1. The number of hydrogen-bond acceptors (Lipinski definition) is 11. The van der Waals surface area contributed by atoms with Gasteiger partial charge >= 0.3 is 12.1 Å². The molecule has 2 aliphatic heterocycles. The fourth-order valence-electron chi connectivity index (χ4n) is 5.64. The smallest absolute Gasteiger partial charge is 0.413 e. The molecule has 0 unspecified atom stereocenters. The van der Waals surface area contributed by atoms with E-state index in [1.807, 2.05) is 91.0 Å². The molecule has 6 rings (SSSR count). The Kier molecular flexibility index (Phi) is 10.2. The van der Waals surface area contributed by atoms with E-state index < -0.39 is 46.5 Å². The summed E-state index contributed by atoms with van der Waals surface area (Å²) in [7, 11) is 0. The van der Waals surface area contributed by atoms with Gasteiger partial charge in [0.25, 0.3) is 11.8 Å². The van der Waals surface area contributed by atoms with Crippen LogP contribution in [-0.2, 0) is 29.6 Å². The third kappa shape index (κ3) is 7.36. The van der Waals surface area contributed by atoms with Crippen LogP contribution in [0.5, 0.6) is 0 Å². The van der Waals surface area contributed by atoms with Crippen molar-refractivity contribution in [3.63, 3.8) is 0 Å². The minimum Gasteiger partial charge on any atom is -0.477 e. The Morgan fingerprint density at radius 3 is 2.00 bits per heavy atom. The summed E-state index contributed by atoms with van der Waals surface area (Å²) in [6.45, 7) is 5.18. The molecule has 0 radical (unpaired) electrons. The molecular formula is C36H33N5O7S3. The van der Waals surface area contributed by atoms with Crippen molar-refractivity contribution in [3.05, 3.63) is 129 Å². The number of carbonyl (C=O) groups is 4. The quantitative estimate of drug-likeness (QED) is 0.0516. The zero-order chi connectivity index (χ0) is 36.3. The molecule has 51 heavy (non-hydrogen) atoms. The van der Waals surface area contributed by atoms with E-state index in [4.69, 9.17) is 9.57 Å². The number of nitrogens with zero attached hydrogens (tertiary/aromatic N) is 3. The van der Waals surface area contributed by atoms with Crippen LogP contribution in [0, 0.1) is 0 Å². The van der Waals surface area contributed by atoms with Gasteiger partial charge < -0.3 is 20.0 Å². The highest BCUT2D eigenvalue weighted by Gasteiger charge is 2.54. The molecule has 0 saturated carbocycles. The van der Waals surface area contributed by atoms with Crippen molar-refractivity contribution in [1.29, 1.82) is 0 Å². The lowest BCUT2D eigenvalue weighted by molar-refractivity contribution is -0.150. The number of rotatable bonds is 10. The number of ether oxygens (including phenoxy) is 1. The van der Waals surface area contributed by atoms with Gasteiger partial charge in [-0.05, 0) is 20.8 Å². The Hall–Kier alpha value is -5.12. The number of fused-ring (bicyclic) bond motifs is 1. The van der Waals surface area contributed by atoms with Crippen LogP contribution < -0.4 is 10.6 Å². The van der Waals surface area contributed by atoms with E-state index in [-0.39, 0.29) is 32.9 Å². The van der Waals surface area contributed by atoms with Crippen molar-refractivity contribution in [1.82, 2.24) is 15.2 Å². The molecule has 3 amide bonds. The van der Waals surface area contributed by atoms with E-state index in [9.17, 15) is 24.3 Å². The summed E-state index contributed by atoms with van der Waals surface area (Å²) >= 11 is 6.57. The third-order valence-corrected chi connectivity index (χ3v) is 10.4. The number of carboxylic acid groups (broad SMARTS) is 1. The van der Waals surface area contributed by atoms with Crippen LogP contribution in [0.25, 0.3) is 0 Å². The minimum atomic E-state index is -1.35. The van der Waals surface area contributed by atoms with Gasteiger partial charge in [0.2, 0.25) is 5.60 Å². The number of carboxylic acids is 1. The van der Waals surface area contributed by atoms with Gasteiger partial charge in [-0.2, -0.15) is 0 Å². The van der Waals surface area contributed by atoms with Gasteiger partial charge in [0.15, 0.2) is 10.8 Å².